The van der Waals surface area contributed by atoms with Crippen LogP contribution in [0.2, 0.25) is 5.02 Å². The number of hydrogen-bond acceptors (Lipinski definition) is 4. The van der Waals surface area contributed by atoms with Gasteiger partial charge in [-0.1, -0.05) is 23.7 Å². The van der Waals surface area contributed by atoms with Crippen molar-refractivity contribution >= 4 is 23.5 Å². The molecule has 0 aromatic heterocycles. The molecule has 1 N–H and O–H groups in total. The van der Waals surface area contributed by atoms with Gasteiger partial charge in [0.05, 0.1) is 6.04 Å². The fourth-order valence-corrected chi connectivity index (χ4v) is 3.66. The Hall–Kier alpha value is -2.64. The first-order chi connectivity index (χ1) is 13.8. The van der Waals surface area contributed by atoms with E-state index in [0.29, 0.717) is 30.4 Å². The monoisotopic (exact) mass is 420 g/mol. The molecule has 154 valence electrons. The van der Waals surface area contributed by atoms with Gasteiger partial charge in [0, 0.05) is 24.7 Å². The minimum Gasteiger partial charge on any atom is -0.484 e. The van der Waals surface area contributed by atoms with Crippen LogP contribution in [0.4, 0.5) is 4.39 Å². The van der Waals surface area contributed by atoms with Crippen LogP contribution in [0.3, 0.4) is 0 Å². The Balaban J connectivity index is 1.64. The summed E-state index contributed by atoms with van der Waals surface area (Å²) < 4.78 is 18.6. The summed E-state index contributed by atoms with van der Waals surface area (Å²) >= 11 is 5.83. The molecule has 1 amide bonds. The summed E-state index contributed by atoms with van der Waals surface area (Å²) in [6.07, 6.45) is 0. The number of carboxylic acid groups (broad SMARTS) is 1. The molecule has 2 unspecified atom stereocenters. The zero-order chi connectivity index (χ0) is 21.0. The van der Waals surface area contributed by atoms with Gasteiger partial charge in [0.15, 0.2) is 6.61 Å². The molecule has 3 rings (SSSR count). The second-order valence-corrected chi connectivity index (χ2v) is 7.39. The molecule has 1 saturated heterocycles. The summed E-state index contributed by atoms with van der Waals surface area (Å²) in [7, 11) is 0. The smallest absolute Gasteiger partial charge is 0.323 e. The number of halogens is 2. The van der Waals surface area contributed by atoms with Gasteiger partial charge in [-0.15, -0.1) is 0 Å². The van der Waals surface area contributed by atoms with E-state index < -0.39 is 18.1 Å². The Morgan fingerprint density at radius 3 is 2.41 bits per heavy atom. The van der Waals surface area contributed by atoms with Crippen LogP contribution in [0.5, 0.6) is 5.75 Å². The van der Waals surface area contributed by atoms with E-state index in [1.165, 1.54) is 17.0 Å². The van der Waals surface area contributed by atoms with Crippen LogP contribution >= 0.6 is 11.6 Å². The number of aliphatic carboxylic acids is 1. The fraction of sp³-hybridized carbons (Fsp3) is 0.333. The highest BCUT2D eigenvalue weighted by Gasteiger charge is 2.40. The van der Waals surface area contributed by atoms with Gasteiger partial charge >= 0.3 is 5.97 Å². The van der Waals surface area contributed by atoms with Crippen molar-refractivity contribution in [1.82, 2.24) is 9.80 Å². The number of nitrogens with zero attached hydrogens (tertiary/aromatic N) is 2. The molecule has 1 aliphatic heterocycles. The summed E-state index contributed by atoms with van der Waals surface area (Å²) in [6.45, 7) is 2.68. The predicted octanol–water partition coefficient (Wildman–Crippen LogP) is 3.04. The molecular weight excluding hydrogens is 399 g/mol. The summed E-state index contributed by atoms with van der Waals surface area (Å²) in [5, 5.41) is 10.3. The van der Waals surface area contributed by atoms with Crippen molar-refractivity contribution in [3.8, 4) is 5.75 Å². The predicted molar refractivity (Wildman–Crippen MR) is 106 cm³/mol. The van der Waals surface area contributed by atoms with E-state index in [0.717, 1.165) is 5.56 Å². The molecule has 2 aromatic rings. The van der Waals surface area contributed by atoms with Crippen molar-refractivity contribution in [3.63, 3.8) is 0 Å². The second-order valence-electron chi connectivity index (χ2n) is 6.95. The summed E-state index contributed by atoms with van der Waals surface area (Å²) in [5.74, 6) is -1.11. The van der Waals surface area contributed by atoms with Gasteiger partial charge in [-0.3, -0.25) is 14.5 Å². The number of carbonyl (C=O) groups is 2. The molecule has 6 nitrogen and oxygen atoms in total. The fourth-order valence-electron chi connectivity index (χ4n) is 3.53. The van der Waals surface area contributed by atoms with Gasteiger partial charge in [-0.2, -0.15) is 0 Å². The maximum Gasteiger partial charge on any atom is 0.323 e. The van der Waals surface area contributed by atoms with Gasteiger partial charge in [0.1, 0.15) is 17.6 Å². The molecular formula is C21H22ClFN2O4. The molecule has 1 fully saturated rings. The average molecular weight is 421 g/mol. The highest BCUT2D eigenvalue weighted by atomic mass is 35.5. The number of rotatable bonds is 6. The Labute approximate surface area is 173 Å². The first-order valence-corrected chi connectivity index (χ1v) is 9.62. The van der Waals surface area contributed by atoms with Crippen molar-refractivity contribution in [1.29, 1.82) is 0 Å². The van der Waals surface area contributed by atoms with Crippen LogP contribution in [0.15, 0.2) is 48.5 Å². The third kappa shape index (κ3) is 5.25. The Morgan fingerprint density at radius 1 is 1.14 bits per heavy atom. The van der Waals surface area contributed by atoms with E-state index in [-0.39, 0.29) is 18.3 Å². The van der Waals surface area contributed by atoms with Crippen LogP contribution in [0.25, 0.3) is 0 Å². The largest absolute Gasteiger partial charge is 0.484 e. The molecule has 0 aliphatic carbocycles. The third-order valence-corrected chi connectivity index (χ3v) is 5.27. The lowest BCUT2D eigenvalue weighted by Crippen LogP contribution is -2.62. The van der Waals surface area contributed by atoms with Gasteiger partial charge in [0.25, 0.3) is 5.91 Å². The second kappa shape index (κ2) is 9.24. The average Bonchev–Trinajstić information content (AvgIpc) is 2.69. The maximum atomic E-state index is 13.1. The first-order valence-electron chi connectivity index (χ1n) is 9.24. The van der Waals surface area contributed by atoms with E-state index in [4.69, 9.17) is 16.3 Å². The summed E-state index contributed by atoms with van der Waals surface area (Å²) in [6, 6.07) is 11.2. The highest BCUT2D eigenvalue weighted by molar-refractivity contribution is 6.30. The minimum atomic E-state index is -1.00. The number of carbonyl (C=O) groups excluding carboxylic acids is 1. The lowest BCUT2D eigenvalue weighted by atomic mass is 10.0. The van der Waals surface area contributed by atoms with Gasteiger partial charge < -0.3 is 14.7 Å². The molecule has 0 spiro atoms. The molecule has 8 heteroatoms. The van der Waals surface area contributed by atoms with Gasteiger partial charge in [-0.25, -0.2) is 4.39 Å². The molecule has 0 bridgehead atoms. The van der Waals surface area contributed by atoms with E-state index in [1.54, 1.807) is 48.2 Å². The number of hydrogen-bond donors (Lipinski definition) is 1. The quantitative estimate of drug-likeness (QED) is 0.777. The summed E-state index contributed by atoms with van der Waals surface area (Å²) in [5.41, 5.74) is 0.815. The van der Waals surface area contributed by atoms with Crippen LogP contribution in [0, 0.1) is 5.82 Å². The van der Waals surface area contributed by atoms with Crippen LogP contribution in [0.1, 0.15) is 12.5 Å². The molecule has 0 radical (unpaired) electrons. The van der Waals surface area contributed by atoms with Crippen LogP contribution in [-0.2, 0) is 16.1 Å². The van der Waals surface area contributed by atoms with Crippen molar-refractivity contribution in [2.45, 2.75) is 25.6 Å². The molecule has 2 atom stereocenters. The van der Waals surface area contributed by atoms with E-state index in [1.807, 2.05) is 0 Å². The maximum absolute atomic E-state index is 13.1. The van der Waals surface area contributed by atoms with Crippen molar-refractivity contribution < 1.29 is 23.8 Å². The number of piperazine rings is 1. The van der Waals surface area contributed by atoms with Crippen molar-refractivity contribution in [2.75, 3.05) is 19.7 Å². The Kier molecular flexibility index (Phi) is 6.71. The molecule has 29 heavy (non-hydrogen) atoms. The lowest BCUT2D eigenvalue weighted by Gasteiger charge is -2.44. The number of amides is 1. The molecule has 0 saturated carbocycles. The van der Waals surface area contributed by atoms with Gasteiger partial charge in [0.2, 0.25) is 0 Å². The lowest BCUT2D eigenvalue weighted by molar-refractivity contribution is -0.153. The number of ether oxygens (including phenoxy) is 1. The molecule has 2 aromatic carbocycles. The number of benzene rings is 2. The SMILES string of the molecule is CC1C(C(=O)O)N(Cc2ccc(F)cc2)CCN1C(=O)COc1ccc(Cl)cc1. The first kappa shape index (κ1) is 21.1. The van der Waals surface area contributed by atoms with Crippen molar-refractivity contribution in [3.05, 3.63) is 64.9 Å². The summed E-state index contributed by atoms with van der Waals surface area (Å²) in [4.78, 5) is 27.9. The third-order valence-electron chi connectivity index (χ3n) is 5.02. The molecule has 1 aliphatic rings. The Bertz CT molecular complexity index is 860. The minimum absolute atomic E-state index is 0.184. The zero-order valence-electron chi connectivity index (χ0n) is 15.9. The van der Waals surface area contributed by atoms with Crippen LogP contribution < -0.4 is 4.74 Å². The normalized spacial score (nSPS) is 19.8. The van der Waals surface area contributed by atoms with Crippen LogP contribution in [-0.4, -0.2) is 58.6 Å². The standard InChI is InChI=1S/C21H22ClFN2O4/c1-14-20(21(27)28)24(12-15-2-6-17(23)7-3-15)10-11-25(14)19(26)13-29-18-8-4-16(22)5-9-18/h2-9,14,20H,10-13H2,1H3,(H,27,28). The van der Waals surface area contributed by atoms with E-state index in [9.17, 15) is 19.1 Å². The van der Waals surface area contributed by atoms with Gasteiger partial charge in [-0.05, 0) is 48.9 Å². The van der Waals surface area contributed by atoms with E-state index >= 15 is 0 Å². The van der Waals surface area contributed by atoms with E-state index in [2.05, 4.69) is 0 Å². The number of carboxylic acids is 1. The topological polar surface area (TPSA) is 70.1 Å². The molecule has 1 heterocycles. The zero-order valence-corrected chi connectivity index (χ0v) is 16.7. The van der Waals surface area contributed by atoms with Crippen molar-refractivity contribution in [2.24, 2.45) is 0 Å². The highest BCUT2D eigenvalue weighted by Crippen LogP contribution is 2.21. The Morgan fingerprint density at radius 2 is 1.79 bits per heavy atom.